The normalized spacial score (nSPS) is 17.6. The van der Waals surface area contributed by atoms with Crippen LogP contribution in [-0.4, -0.2) is 0 Å². The van der Waals surface area contributed by atoms with E-state index in [1.165, 1.54) is 11.1 Å². The molecule has 13 heavy (non-hydrogen) atoms. The van der Waals surface area contributed by atoms with Crippen molar-refractivity contribution in [2.24, 2.45) is 0 Å². The van der Waals surface area contributed by atoms with E-state index >= 15 is 0 Å². The van der Waals surface area contributed by atoms with Crippen molar-refractivity contribution in [1.82, 2.24) is 0 Å². The number of allylic oxidation sites excluding steroid dienone is 9. The van der Waals surface area contributed by atoms with Crippen LogP contribution in [0, 0.1) is 0 Å². The maximum atomic E-state index is 3.82. The fourth-order valence-electron chi connectivity index (χ4n) is 1.35. The van der Waals surface area contributed by atoms with Crippen LogP contribution in [0.1, 0.15) is 19.8 Å². The molecule has 0 nitrogen and oxygen atoms in total. The van der Waals surface area contributed by atoms with Gasteiger partial charge in [-0.25, -0.2) is 0 Å². The number of rotatable bonds is 3. The van der Waals surface area contributed by atoms with Crippen molar-refractivity contribution in [3.8, 4) is 0 Å². The van der Waals surface area contributed by atoms with Gasteiger partial charge in [-0.1, -0.05) is 49.1 Å². The zero-order valence-corrected chi connectivity index (χ0v) is 8.16. The van der Waals surface area contributed by atoms with Crippen molar-refractivity contribution in [1.29, 1.82) is 0 Å². The second kappa shape index (κ2) is 5.36. The Kier molecular flexibility index (Phi) is 4.04. The van der Waals surface area contributed by atoms with Gasteiger partial charge in [-0.15, -0.1) is 0 Å². The molecule has 1 rings (SSSR count). The fourth-order valence-corrected chi connectivity index (χ4v) is 1.35. The molecule has 0 atom stereocenters. The van der Waals surface area contributed by atoms with Crippen LogP contribution in [0.25, 0.3) is 0 Å². The van der Waals surface area contributed by atoms with E-state index in [0.717, 1.165) is 12.8 Å². The van der Waals surface area contributed by atoms with Crippen LogP contribution in [0.3, 0.4) is 0 Å². The summed E-state index contributed by atoms with van der Waals surface area (Å²) in [5.41, 5.74) is 2.62. The Balaban J connectivity index is 2.82. The first-order valence-electron chi connectivity index (χ1n) is 4.70. The molecule has 0 saturated heterocycles. The summed E-state index contributed by atoms with van der Waals surface area (Å²) in [7, 11) is 0. The summed E-state index contributed by atoms with van der Waals surface area (Å²) in [6.07, 6.45) is 16.9. The Hall–Kier alpha value is -1.30. The molecule has 0 unspecified atom stereocenters. The maximum absolute atomic E-state index is 3.82. The first-order chi connectivity index (χ1) is 6.38. The van der Waals surface area contributed by atoms with Crippen molar-refractivity contribution in [3.63, 3.8) is 0 Å². The Morgan fingerprint density at radius 1 is 1.54 bits per heavy atom. The monoisotopic (exact) mass is 172 g/mol. The summed E-state index contributed by atoms with van der Waals surface area (Å²) in [5, 5.41) is 0. The predicted molar refractivity (Wildman–Crippen MR) is 59.6 cm³/mol. The third kappa shape index (κ3) is 2.90. The van der Waals surface area contributed by atoms with Gasteiger partial charge in [0.05, 0.1) is 0 Å². The van der Waals surface area contributed by atoms with Crippen LogP contribution in [-0.2, 0) is 0 Å². The van der Waals surface area contributed by atoms with E-state index in [4.69, 9.17) is 0 Å². The first kappa shape index (κ1) is 9.79. The molecule has 0 heteroatoms. The van der Waals surface area contributed by atoms with Gasteiger partial charge in [0.2, 0.25) is 0 Å². The average molecular weight is 172 g/mol. The van der Waals surface area contributed by atoms with Crippen LogP contribution in [0.2, 0.25) is 0 Å². The second-order valence-corrected chi connectivity index (χ2v) is 3.01. The van der Waals surface area contributed by atoms with Crippen LogP contribution in [0.5, 0.6) is 0 Å². The van der Waals surface area contributed by atoms with Gasteiger partial charge in [0.25, 0.3) is 0 Å². The van der Waals surface area contributed by atoms with Gasteiger partial charge in [0.1, 0.15) is 0 Å². The highest BCUT2D eigenvalue weighted by molar-refractivity contribution is 5.43. The highest BCUT2D eigenvalue weighted by Gasteiger charge is 2.01. The minimum atomic E-state index is 1.13. The Bertz CT molecular complexity index is 285. The molecule has 0 heterocycles. The number of hydrogen-bond donors (Lipinski definition) is 0. The summed E-state index contributed by atoms with van der Waals surface area (Å²) in [6.45, 7) is 5.84. The Morgan fingerprint density at radius 2 is 2.38 bits per heavy atom. The topological polar surface area (TPSA) is 0 Å². The molecule has 0 aromatic carbocycles. The van der Waals surface area contributed by atoms with Crippen LogP contribution in [0.4, 0.5) is 0 Å². The van der Waals surface area contributed by atoms with Crippen LogP contribution < -0.4 is 0 Å². The summed E-state index contributed by atoms with van der Waals surface area (Å²) in [6, 6.07) is 0. The van der Waals surface area contributed by atoms with Gasteiger partial charge in [0, 0.05) is 0 Å². The minimum absolute atomic E-state index is 1.13. The summed E-state index contributed by atoms with van der Waals surface area (Å²) >= 11 is 0. The maximum Gasteiger partial charge on any atom is -0.0230 e. The Morgan fingerprint density at radius 3 is 2.92 bits per heavy atom. The highest BCUT2D eigenvalue weighted by atomic mass is 14.1. The lowest BCUT2D eigenvalue weighted by atomic mass is 9.97. The summed E-state index contributed by atoms with van der Waals surface area (Å²) in [5.74, 6) is 0. The fraction of sp³-hybridized carbons (Fsp3) is 0.231. The molecule has 68 valence electrons. The quantitative estimate of drug-likeness (QED) is 0.565. The molecule has 0 aliphatic heterocycles. The molecular weight excluding hydrogens is 156 g/mol. The Labute approximate surface area is 80.7 Å². The van der Waals surface area contributed by atoms with E-state index in [9.17, 15) is 0 Å². The zero-order chi connectivity index (χ0) is 9.52. The van der Waals surface area contributed by atoms with E-state index in [1.807, 2.05) is 19.1 Å². The van der Waals surface area contributed by atoms with Gasteiger partial charge in [0.15, 0.2) is 0 Å². The minimum Gasteiger partial charge on any atom is -0.0985 e. The van der Waals surface area contributed by atoms with E-state index in [1.54, 1.807) is 0 Å². The van der Waals surface area contributed by atoms with E-state index in [0.29, 0.717) is 0 Å². The van der Waals surface area contributed by atoms with Crippen molar-refractivity contribution in [3.05, 3.63) is 60.3 Å². The smallest absolute Gasteiger partial charge is 0.0230 e. The third-order valence-corrected chi connectivity index (χ3v) is 2.07. The lowest BCUT2D eigenvalue weighted by molar-refractivity contribution is 0.978. The van der Waals surface area contributed by atoms with Gasteiger partial charge < -0.3 is 0 Å². The molecule has 0 aromatic rings. The number of hydrogen-bond acceptors (Lipinski definition) is 0. The molecule has 0 spiro atoms. The standard InChI is InChI=1S/C13H16/c1-3-5-9-12(4-2)13-10-7-6-8-11-13/h3-7,9-10H,2,8,11H2,1H3/b5-3-,12-9+. The van der Waals surface area contributed by atoms with Crippen LogP contribution in [0.15, 0.2) is 60.3 Å². The van der Waals surface area contributed by atoms with Gasteiger partial charge in [-0.2, -0.15) is 0 Å². The lowest BCUT2D eigenvalue weighted by Gasteiger charge is -2.08. The lowest BCUT2D eigenvalue weighted by Crippen LogP contribution is -1.89. The van der Waals surface area contributed by atoms with Gasteiger partial charge >= 0.3 is 0 Å². The molecule has 0 bridgehead atoms. The molecule has 0 fully saturated rings. The molecule has 0 saturated carbocycles. The van der Waals surface area contributed by atoms with Crippen molar-refractivity contribution in [2.75, 3.05) is 0 Å². The molecule has 1 aliphatic carbocycles. The van der Waals surface area contributed by atoms with E-state index < -0.39 is 0 Å². The molecule has 0 radical (unpaired) electrons. The predicted octanol–water partition coefficient (Wildman–Crippen LogP) is 3.95. The molecule has 0 aromatic heterocycles. The average Bonchev–Trinajstić information content (AvgIpc) is 2.21. The molecule has 0 N–H and O–H groups in total. The molecule has 0 amide bonds. The van der Waals surface area contributed by atoms with E-state index in [2.05, 4.69) is 37.0 Å². The second-order valence-electron chi connectivity index (χ2n) is 3.01. The largest absolute Gasteiger partial charge is 0.0985 e. The van der Waals surface area contributed by atoms with Crippen molar-refractivity contribution < 1.29 is 0 Å². The van der Waals surface area contributed by atoms with Crippen molar-refractivity contribution >= 4 is 0 Å². The van der Waals surface area contributed by atoms with Crippen LogP contribution >= 0.6 is 0 Å². The van der Waals surface area contributed by atoms with Gasteiger partial charge in [-0.05, 0) is 30.9 Å². The SMILES string of the molecule is C=C/C(=C\C=C/C)C1=CC=CCC1. The highest BCUT2D eigenvalue weighted by Crippen LogP contribution is 2.20. The van der Waals surface area contributed by atoms with Gasteiger partial charge in [-0.3, -0.25) is 0 Å². The van der Waals surface area contributed by atoms with Crippen molar-refractivity contribution in [2.45, 2.75) is 19.8 Å². The molecule has 1 aliphatic rings. The summed E-state index contributed by atoms with van der Waals surface area (Å²) < 4.78 is 0. The third-order valence-electron chi connectivity index (χ3n) is 2.07. The first-order valence-corrected chi connectivity index (χ1v) is 4.70. The molecular formula is C13H16. The summed E-state index contributed by atoms with van der Waals surface area (Å²) in [4.78, 5) is 0. The zero-order valence-electron chi connectivity index (χ0n) is 8.16. The van der Waals surface area contributed by atoms with E-state index in [-0.39, 0.29) is 0 Å².